The largest absolute Gasteiger partial charge is 0.506 e. The van der Waals surface area contributed by atoms with Crippen LogP contribution in [0.5, 0.6) is 5.75 Å². The fourth-order valence-corrected chi connectivity index (χ4v) is 1.58. The lowest BCUT2D eigenvalue weighted by Crippen LogP contribution is -2.11. The molecule has 0 spiro atoms. The number of para-hydroxylation sites is 1. The van der Waals surface area contributed by atoms with Crippen molar-refractivity contribution in [2.45, 2.75) is 6.54 Å². The standard InChI is InChI=1S/C12H14N2O/c1-14(2)8-10-7-6-9-4-3-5-11(15)12(9)13-10/h3-7,15H,8H2,1-2H3. The molecule has 1 heterocycles. The SMILES string of the molecule is CN(C)Cc1ccc2cccc(O)c2n1. The quantitative estimate of drug-likeness (QED) is 0.809. The number of aromatic nitrogens is 1. The molecule has 0 aliphatic rings. The molecule has 0 radical (unpaired) electrons. The maximum atomic E-state index is 9.65. The number of aromatic hydroxyl groups is 1. The number of phenols is 1. The molecule has 3 heteroatoms. The minimum Gasteiger partial charge on any atom is -0.506 e. The van der Waals surface area contributed by atoms with Gasteiger partial charge in [0.1, 0.15) is 11.3 Å². The first kappa shape index (κ1) is 9.93. The molecule has 2 aromatic rings. The molecular weight excluding hydrogens is 188 g/mol. The molecule has 0 fully saturated rings. The molecule has 0 bridgehead atoms. The summed E-state index contributed by atoms with van der Waals surface area (Å²) in [5.74, 6) is 0.244. The highest BCUT2D eigenvalue weighted by Crippen LogP contribution is 2.22. The summed E-state index contributed by atoms with van der Waals surface area (Å²) in [6.07, 6.45) is 0. The number of benzene rings is 1. The Kier molecular flexibility index (Phi) is 2.56. The molecule has 0 saturated carbocycles. The predicted octanol–water partition coefficient (Wildman–Crippen LogP) is 2.00. The van der Waals surface area contributed by atoms with Crippen LogP contribution in [0.4, 0.5) is 0 Å². The van der Waals surface area contributed by atoms with Crippen LogP contribution < -0.4 is 0 Å². The topological polar surface area (TPSA) is 36.4 Å². The van der Waals surface area contributed by atoms with Gasteiger partial charge in [-0.3, -0.25) is 0 Å². The summed E-state index contributed by atoms with van der Waals surface area (Å²) in [5, 5.41) is 10.6. The fraction of sp³-hybridized carbons (Fsp3) is 0.250. The molecule has 1 aromatic carbocycles. The predicted molar refractivity (Wildman–Crippen MR) is 60.8 cm³/mol. The summed E-state index contributed by atoms with van der Waals surface area (Å²) in [5.41, 5.74) is 1.64. The third kappa shape index (κ3) is 2.07. The minimum absolute atomic E-state index is 0.244. The number of fused-ring (bicyclic) bond motifs is 1. The van der Waals surface area contributed by atoms with Crippen molar-refractivity contribution in [1.29, 1.82) is 0 Å². The molecule has 15 heavy (non-hydrogen) atoms. The van der Waals surface area contributed by atoms with Crippen LogP contribution >= 0.6 is 0 Å². The average molecular weight is 202 g/mol. The summed E-state index contributed by atoms with van der Waals surface area (Å²) in [4.78, 5) is 6.47. The summed E-state index contributed by atoms with van der Waals surface area (Å²) in [6, 6.07) is 9.41. The van der Waals surface area contributed by atoms with Gasteiger partial charge in [0.2, 0.25) is 0 Å². The molecule has 1 aromatic heterocycles. The number of nitrogens with zero attached hydrogens (tertiary/aromatic N) is 2. The van der Waals surface area contributed by atoms with Gasteiger partial charge in [0, 0.05) is 11.9 Å². The zero-order valence-corrected chi connectivity index (χ0v) is 8.94. The Morgan fingerprint density at radius 3 is 2.73 bits per heavy atom. The smallest absolute Gasteiger partial charge is 0.141 e. The molecule has 0 atom stereocenters. The second-order valence-electron chi connectivity index (χ2n) is 3.89. The molecule has 1 N–H and O–H groups in total. The van der Waals surface area contributed by atoms with Gasteiger partial charge in [-0.2, -0.15) is 0 Å². The summed E-state index contributed by atoms with van der Waals surface area (Å²) in [6.45, 7) is 0.782. The summed E-state index contributed by atoms with van der Waals surface area (Å²) in [7, 11) is 3.99. The second-order valence-corrected chi connectivity index (χ2v) is 3.89. The van der Waals surface area contributed by atoms with Crippen molar-refractivity contribution < 1.29 is 5.11 Å². The molecule has 0 aliphatic carbocycles. The van der Waals surface area contributed by atoms with Crippen molar-refractivity contribution in [3.05, 3.63) is 36.0 Å². The third-order valence-corrected chi connectivity index (χ3v) is 2.23. The lowest BCUT2D eigenvalue weighted by Gasteiger charge is -2.09. The van der Waals surface area contributed by atoms with Crippen molar-refractivity contribution in [2.24, 2.45) is 0 Å². The first-order chi connectivity index (χ1) is 7.16. The Balaban J connectivity index is 2.50. The minimum atomic E-state index is 0.244. The molecule has 78 valence electrons. The fourth-order valence-electron chi connectivity index (χ4n) is 1.58. The van der Waals surface area contributed by atoms with Gasteiger partial charge in [-0.25, -0.2) is 4.98 Å². The van der Waals surface area contributed by atoms with E-state index in [-0.39, 0.29) is 5.75 Å². The van der Waals surface area contributed by atoms with E-state index < -0.39 is 0 Å². The van der Waals surface area contributed by atoms with Gasteiger partial charge in [-0.05, 0) is 26.2 Å². The van der Waals surface area contributed by atoms with E-state index in [1.807, 2.05) is 43.3 Å². The van der Waals surface area contributed by atoms with Crippen LogP contribution in [-0.4, -0.2) is 29.1 Å². The summed E-state index contributed by atoms with van der Waals surface area (Å²) >= 11 is 0. The van der Waals surface area contributed by atoms with Crippen molar-refractivity contribution in [1.82, 2.24) is 9.88 Å². The van der Waals surface area contributed by atoms with E-state index >= 15 is 0 Å². The highest BCUT2D eigenvalue weighted by Gasteiger charge is 2.02. The van der Waals surface area contributed by atoms with E-state index in [9.17, 15) is 5.11 Å². The number of rotatable bonds is 2. The molecule has 0 amide bonds. The van der Waals surface area contributed by atoms with Crippen LogP contribution in [-0.2, 0) is 6.54 Å². The Morgan fingerprint density at radius 1 is 1.20 bits per heavy atom. The maximum Gasteiger partial charge on any atom is 0.141 e. The van der Waals surface area contributed by atoms with Gasteiger partial charge in [-0.15, -0.1) is 0 Å². The van der Waals surface area contributed by atoms with E-state index in [2.05, 4.69) is 4.98 Å². The number of pyridine rings is 1. The van der Waals surface area contributed by atoms with E-state index in [0.717, 1.165) is 17.6 Å². The van der Waals surface area contributed by atoms with Crippen LogP contribution in [0.25, 0.3) is 10.9 Å². The van der Waals surface area contributed by atoms with Gasteiger partial charge in [-0.1, -0.05) is 18.2 Å². The van der Waals surface area contributed by atoms with E-state index in [1.165, 1.54) is 0 Å². The van der Waals surface area contributed by atoms with Crippen molar-refractivity contribution in [3.8, 4) is 5.75 Å². The molecular formula is C12H14N2O. The monoisotopic (exact) mass is 202 g/mol. The second kappa shape index (κ2) is 3.87. The first-order valence-corrected chi connectivity index (χ1v) is 4.89. The average Bonchev–Trinajstić information content (AvgIpc) is 2.18. The van der Waals surface area contributed by atoms with Crippen LogP contribution in [0.1, 0.15) is 5.69 Å². The highest BCUT2D eigenvalue weighted by molar-refractivity contribution is 5.84. The maximum absolute atomic E-state index is 9.65. The van der Waals surface area contributed by atoms with E-state index in [1.54, 1.807) is 6.07 Å². The Bertz CT molecular complexity index is 480. The van der Waals surface area contributed by atoms with Gasteiger partial charge >= 0.3 is 0 Å². The molecule has 0 aliphatic heterocycles. The summed E-state index contributed by atoms with van der Waals surface area (Å²) < 4.78 is 0. The van der Waals surface area contributed by atoms with Gasteiger partial charge < -0.3 is 10.0 Å². The van der Waals surface area contributed by atoms with Gasteiger partial charge in [0.05, 0.1) is 5.69 Å². The van der Waals surface area contributed by atoms with Crippen molar-refractivity contribution >= 4 is 10.9 Å². The van der Waals surface area contributed by atoms with E-state index in [0.29, 0.717) is 5.52 Å². The van der Waals surface area contributed by atoms with Crippen LogP contribution in [0.2, 0.25) is 0 Å². The molecule has 0 saturated heterocycles. The molecule has 2 rings (SSSR count). The lowest BCUT2D eigenvalue weighted by molar-refractivity contribution is 0.397. The lowest BCUT2D eigenvalue weighted by atomic mass is 10.2. The highest BCUT2D eigenvalue weighted by atomic mass is 16.3. The van der Waals surface area contributed by atoms with Gasteiger partial charge in [0.25, 0.3) is 0 Å². The number of hydrogen-bond acceptors (Lipinski definition) is 3. The van der Waals surface area contributed by atoms with Crippen LogP contribution in [0.15, 0.2) is 30.3 Å². The van der Waals surface area contributed by atoms with Crippen LogP contribution in [0.3, 0.4) is 0 Å². The van der Waals surface area contributed by atoms with Gasteiger partial charge in [0.15, 0.2) is 0 Å². The third-order valence-electron chi connectivity index (χ3n) is 2.23. The van der Waals surface area contributed by atoms with Crippen LogP contribution in [0, 0.1) is 0 Å². The number of hydrogen-bond donors (Lipinski definition) is 1. The number of phenolic OH excluding ortho intramolecular Hbond substituents is 1. The van der Waals surface area contributed by atoms with E-state index in [4.69, 9.17) is 0 Å². The van der Waals surface area contributed by atoms with Crippen molar-refractivity contribution in [2.75, 3.05) is 14.1 Å². The zero-order valence-electron chi connectivity index (χ0n) is 8.94. The zero-order chi connectivity index (χ0) is 10.8. The Morgan fingerprint density at radius 2 is 2.00 bits per heavy atom. The Hall–Kier alpha value is -1.61. The first-order valence-electron chi connectivity index (χ1n) is 4.89. The molecule has 3 nitrogen and oxygen atoms in total. The van der Waals surface area contributed by atoms with Crippen molar-refractivity contribution in [3.63, 3.8) is 0 Å². The molecule has 0 unspecified atom stereocenters. The normalized spacial score (nSPS) is 11.1. The Labute approximate surface area is 89.0 Å².